The molecule has 0 aliphatic rings. The third-order valence-electron chi connectivity index (χ3n) is 2.47. The Kier molecular flexibility index (Phi) is 28.9. The lowest BCUT2D eigenvalue weighted by atomic mass is 10.0. The molecule has 2 unspecified atom stereocenters. The molecule has 0 amide bonds. The van der Waals surface area contributed by atoms with Gasteiger partial charge in [-0.2, -0.15) is 0 Å². The Morgan fingerprint density at radius 2 is 0.846 bits per heavy atom. The van der Waals surface area contributed by atoms with Gasteiger partial charge in [0, 0.05) is 0 Å². The standard InChI is InChI=1S/2C7H16O2.2CH2O3/c2*1-6(2)4-7(3)5-9-8;2*2-1(3)4/h2*6-8H,4-5H2,1-3H3;2*(H2,2,3,4). The second kappa shape index (κ2) is 23.4. The summed E-state index contributed by atoms with van der Waals surface area (Å²) in [6.07, 6.45) is -1.44. The van der Waals surface area contributed by atoms with Crippen molar-refractivity contribution in [3.63, 3.8) is 0 Å². The van der Waals surface area contributed by atoms with Gasteiger partial charge in [0.15, 0.2) is 0 Å². The average molecular weight is 388 g/mol. The molecule has 0 aromatic carbocycles. The molecule has 160 valence electrons. The Morgan fingerprint density at radius 3 is 0.962 bits per heavy atom. The highest BCUT2D eigenvalue weighted by Crippen LogP contribution is 2.10. The summed E-state index contributed by atoms with van der Waals surface area (Å²) in [5, 5.41) is 44.0. The Hall–Kier alpha value is -1.62. The van der Waals surface area contributed by atoms with Gasteiger partial charge in [0.05, 0.1) is 13.2 Å². The van der Waals surface area contributed by atoms with Crippen molar-refractivity contribution in [3.8, 4) is 0 Å². The lowest BCUT2D eigenvalue weighted by Crippen LogP contribution is -2.06. The van der Waals surface area contributed by atoms with Gasteiger partial charge in [-0.1, -0.05) is 41.5 Å². The molecule has 6 N–H and O–H groups in total. The molecule has 0 aliphatic heterocycles. The van der Waals surface area contributed by atoms with Crippen molar-refractivity contribution < 1.29 is 50.3 Å². The van der Waals surface area contributed by atoms with Crippen LogP contribution in [0.4, 0.5) is 9.59 Å². The van der Waals surface area contributed by atoms with E-state index in [4.69, 9.17) is 40.5 Å². The SMILES string of the molecule is CC(C)CC(C)COO.CC(C)CC(C)COO.O=C(O)O.O=C(O)O. The Balaban J connectivity index is -0.000000134. The third kappa shape index (κ3) is 66.7. The first-order valence-corrected chi connectivity index (χ1v) is 8.16. The molecule has 0 radical (unpaired) electrons. The number of hydrogen-bond acceptors (Lipinski definition) is 6. The van der Waals surface area contributed by atoms with Crippen LogP contribution < -0.4 is 0 Å². The molecule has 10 nitrogen and oxygen atoms in total. The van der Waals surface area contributed by atoms with Crippen LogP contribution >= 0.6 is 0 Å². The fourth-order valence-electron chi connectivity index (χ4n) is 2.00. The van der Waals surface area contributed by atoms with Gasteiger partial charge < -0.3 is 20.4 Å². The zero-order valence-corrected chi connectivity index (χ0v) is 16.5. The van der Waals surface area contributed by atoms with Gasteiger partial charge in [-0.05, 0) is 36.5 Å². The second-order valence-electron chi connectivity index (χ2n) is 6.63. The topological polar surface area (TPSA) is 174 Å². The molecule has 0 aliphatic carbocycles. The molecule has 0 fully saturated rings. The maximum absolute atomic E-state index is 8.56. The Morgan fingerprint density at radius 1 is 0.654 bits per heavy atom. The van der Waals surface area contributed by atoms with Crippen LogP contribution in [0.2, 0.25) is 0 Å². The third-order valence-corrected chi connectivity index (χ3v) is 2.47. The number of carbonyl (C=O) groups is 2. The van der Waals surface area contributed by atoms with Crippen LogP contribution in [0.5, 0.6) is 0 Å². The van der Waals surface area contributed by atoms with E-state index in [1.165, 1.54) is 0 Å². The van der Waals surface area contributed by atoms with Crippen molar-refractivity contribution in [1.82, 2.24) is 0 Å². The van der Waals surface area contributed by atoms with Gasteiger partial charge >= 0.3 is 12.3 Å². The van der Waals surface area contributed by atoms with Crippen LogP contribution in [-0.4, -0.2) is 56.5 Å². The molecule has 0 heterocycles. The van der Waals surface area contributed by atoms with E-state index in [9.17, 15) is 0 Å². The highest BCUT2D eigenvalue weighted by atomic mass is 17.1. The summed E-state index contributed by atoms with van der Waals surface area (Å²) in [5.74, 6) is 2.32. The largest absolute Gasteiger partial charge is 0.503 e. The number of rotatable bonds is 8. The normalized spacial score (nSPS) is 11.8. The summed E-state index contributed by atoms with van der Waals surface area (Å²) >= 11 is 0. The quantitative estimate of drug-likeness (QED) is 0.251. The molecule has 0 saturated heterocycles. The summed E-state index contributed by atoms with van der Waals surface area (Å²) in [7, 11) is 0. The van der Waals surface area contributed by atoms with Gasteiger partial charge in [0.2, 0.25) is 0 Å². The molecule has 2 atom stereocenters. The van der Waals surface area contributed by atoms with E-state index in [2.05, 4.69) is 51.3 Å². The van der Waals surface area contributed by atoms with Crippen LogP contribution in [-0.2, 0) is 9.78 Å². The molecule has 0 aromatic heterocycles. The summed E-state index contributed by atoms with van der Waals surface area (Å²) in [4.78, 5) is 25.1. The van der Waals surface area contributed by atoms with Gasteiger partial charge in [0.25, 0.3) is 0 Å². The molecular formula is C16H36O10. The van der Waals surface area contributed by atoms with Crippen LogP contribution in [0.15, 0.2) is 0 Å². The fraction of sp³-hybridized carbons (Fsp3) is 0.875. The fourth-order valence-corrected chi connectivity index (χ4v) is 2.00. The van der Waals surface area contributed by atoms with Gasteiger partial charge in [-0.25, -0.2) is 19.4 Å². The van der Waals surface area contributed by atoms with Crippen molar-refractivity contribution >= 4 is 12.3 Å². The smallest absolute Gasteiger partial charge is 0.450 e. The van der Waals surface area contributed by atoms with Crippen LogP contribution in [0, 0.1) is 23.7 Å². The monoisotopic (exact) mass is 388 g/mol. The zero-order chi connectivity index (χ0) is 21.7. The van der Waals surface area contributed by atoms with Crippen LogP contribution in [0.3, 0.4) is 0 Å². The summed E-state index contributed by atoms with van der Waals surface area (Å²) in [6, 6.07) is 0. The van der Waals surface area contributed by atoms with Crippen LogP contribution in [0.25, 0.3) is 0 Å². The van der Waals surface area contributed by atoms with E-state index < -0.39 is 12.3 Å². The summed E-state index contributed by atoms with van der Waals surface area (Å²) in [6.45, 7) is 13.7. The lowest BCUT2D eigenvalue weighted by Gasteiger charge is -2.10. The van der Waals surface area contributed by atoms with E-state index in [-0.39, 0.29) is 0 Å². The van der Waals surface area contributed by atoms with Crippen molar-refractivity contribution in [2.45, 2.75) is 54.4 Å². The maximum Gasteiger partial charge on any atom is 0.503 e. The molecule has 10 heteroatoms. The molecule has 0 spiro atoms. The van der Waals surface area contributed by atoms with E-state index in [1.54, 1.807) is 0 Å². The lowest BCUT2D eigenvalue weighted by molar-refractivity contribution is -0.250. The van der Waals surface area contributed by atoms with Crippen LogP contribution in [0.1, 0.15) is 54.4 Å². The van der Waals surface area contributed by atoms with E-state index in [0.717, 1.165) is 12.8 Å². The molecular weight excluding hydrogens is 352 g/mol. The molecule has 0 rings (SSSR count). The zero-order valence-electron chi connectivity index (χ0n) is 16.5. The van der Waals surface area contributed by atoms with Gasteiger partial charge in [-0.3, -0.25) is 10.5 Å². The van der Waals surface area contributed by atoms with Crippen molar-refractivity contribution in [1.29, 1.82) is 0 Å². The average Bonchev–Trinajstić information content (AvgIpc) is 2.36. The van der Waals surface area contributed by atoms with E-state index >= 15 is 0 Å². The minimum absolute atomic E-state index is 0.457. The predicted octanol–water partition coefficient (Wildman–Crippen LogP) is 4.76. The first-order chi connectivity index (χ1) is 11.8. The highest BCUT2D eigenvalue weighted by Gasteiger charge is 2.04. The number of carboxylic acid groups (broad SMARTS) is 4. The molecule has 0 bridgehead atoms. The number of hydrogen-bond donors (Lipinski definition) is 6. The van der Waals surface area contributed by atoms with Crippen molar-refractivity contribution in [3.05, 3.63) is 0 Å². The minimum atomic E-state index is -1.83. The Labute approximate surface area is 154 Å². The molecule has 0 aromatic rings. The summed E-state index contributed by atoms with van der Waals surface area (Å²) < 4.78 is 0. The first-order valence-electron chi connectivity index (χ1n) is 8.16. The maximum atomic E-state index is 8.56. The minimum Gasteiger partial charge on any atom is -0.450 e. The summed E-state index contributed by atoms with van der Waals surface area (Å²) in [5.41, 5.74) is 0. The molecule has 26 heavy (non-hydrogen) atoms. The highest BCUT2D eigenvalue weighted by molar-refractivity contribution is 5.53. The Bertz CT molecular complexity index is 269. The molecule has 0 saturated carbocycles. The van der Waals surface area contributed by atoms with Crippen molar-refractivity contribution in [2.75, 3.05) is 13.2 Å². The van der Waals surface area contributed by atoms with E-state index in [0.29, 0.717) is 36.9 Å². The van der Waals surface area contributed by atoms with Gasteiger partial charge in [0.1, 0.15) is 0 Å². The second-order valence-corrected chi connectivity index (χ2v) is 6.63. The first kappa shape index (κ1) is 32.1. The van der Waals surface area contributed by atoms with Gasteiger partial charge in [-0.15, -0.1) is 0 Å². The predicted molar refractivity (Wildman–Crippen MR) is 95.7 cm³/mol. The van der Waals surface area contributed by atoms with Crippen molar-refractivity contribution in [2.24, 2.45) is 23.7 Å². The van der Waals surface area contributed by atoms with E-state index in [1.807, 2.05) is 0 Å².